The van der Waals surface area contributed by atoms with Crippen LogP contribution in [0.3, 0.4) is 0 Å². The number of unbranched alkanes of at least 4 members (excludes halogenated alkanes) is 1. The summed E-state index contributed by atoms with van der Waals surface area (Å²) >= 11 is 5.68. The zero-order valence-electron chi connectivity index (χ0n) is 18.6. The van der Waals surface area contributed by atoms with E-state index in [-0.39, 0.29) is 12.7 Å². The molecule has 3 rings (SSSR count). The van der Waals surface area contributed by atoms with Gasteiger partial charge in [0.1, 0.15) is 6.61 Å². The maximum Gasteiger partial charge on any atom is 0.407 e. The van der Waals surface area contributed by atoms with Crippen LogP contribution in [0, 0.1) is 0 Å². The van der Waals surface area contributed by atoms with Gasteiger partial charge in [-0.3, -0.25) is 0 Å². The third-order valence-electron chi connectivity index (χ3n) is 5.37. The minimum absolute atomic E-state index is 0.208. The van der Waals surface area contributed by atoms with Crippen LogP contribution in [0.25, 0.3) is 21.5 Å². The first-order valence-electron chi connectivity index (χ1n) is 11.2. The Morgan fingerprint density at radius 1 is 0.969 bits per heavy atom. The molecule has 172 valence electrons. The summed E-state index contributed by atoms with van der Waals surface area (Å²) in [5, 5.41) is 7.20. The maximum atomic E-state index is 12.2. The number of alkyl halides is 1. The molecule has 0 saturated heterocycles. The average Bonchev–Trinajstić information content (AvgIpc) is 2.81. The van der Waals surface area contributed by atoms with E-state index in [9.17, 15) is 4.79 Å². The Balaban J connectivity index is 1.38. The Morgan fingerprint density at radius 3 is 2.34 bits per heavy atom. The van der Waals surface area contributed by atoms with Crippen LogP contribution in [0.1, 0.15) is 31.7 Å². The molecule has 0 saturated carbocycles. The molecule has 6 heteroatoms. The molecule has 0 aliphatic carbocycles. The number of hydrogen-bond acceptors (Lipinski definition) is 4. The van der Waals surface area contributed by atoms with Crippen molar-refractivity contribution in [1.82, 2.24) is 5.32 Å². The van der Waals surface area contributed by atoms with Gasteiger partial charge in [-0.1, -0.05) is 48.5 Å². The van der Waals surface area contributed by atoms with E-state index in [0.717, 1.165) is 46.4 Å². The van der Waals surface area contributed by atoms with E-state index >= 15 is 0 Å². The first-order chi connectivity index (χ1) is 15.7. The van der Waals surface area contributed by atoms with Gasteiger partial charge in [-0.05, 0) is 53.8 Å². The second-order valence-corrected chi connectivity index (χ2v) is 8.16. The Morgan fingerprint density at radius 2 is 1.66 bits per heavy atom. The van der Waals surface area contributed by atoms with Gasteiger partial charge in [0.2, 0.25) is 0 Å². The van der Waals surface area contributed by atoms with E-state index in [1.165, 1.54) is 0 Å². The Bertz CT molecular complexity index is 940. The van der Waals surface area contributed by atoms with Crippen molar-refractivity contribution in [3.8, 4) is 0 Å². The monoisotopic (exact) mass is 457 g/mol. The summed E-state index contributed by atoms with van der Waals surface area (Å²) in [6.45, 7) is 4.12. The number of amides is 1. The average molecular weight is 458 g/mol. The summed E-state index contributed by atoms with van der Waals surface area (Å²) in [7, 11) is 0. The van der Waals surface area contributed by atoms with E-state index in [1.807, 2.05) is 24.3 Å². The highest BCUT2D eigenvalue weighted by Crippen LogP contribution is 2.29. The molecule has 1 atom stereocenters. The number of carbonyl (C=O) groups excluding carboxylic acids is 1. The van der Waals surface area contributed by atoms with Crippen molar-refractivity contribution in [3.05, 3.63) is 60.2 Å². The fourth-order valence-corrected chi connectivity index (χ4v) is 3.89. The van der Waals surface area contributed by atoms with Crippen LogP contribution in [0.5, 0.6) is 0 Å². The molecular weight excluding hydrogens is 426 g/mol. The largest absolute Gasteiger partial charge is 0.445 e. The van der Waals surface area contributed by atoms with Crippen molar-refractivity contribution in [2.45, 2.75) is 38.9 Å². The lowest BCUT2D eigenvalue weighted by molar-refractivity contribution is 0.00917. The lowest BCUT2D eigenvalue weighted by atomic mass is 9.97. The Kier molecular flexibility index (Phi) is 10.1. The third kappa shape index (κ3) is 7.37. The second-order valence-electron chi connectivity index (χ2n) is 7.78. The van der Waals surface area contributed by atoms with Crippen LogP contribution in [0.4, 0.5) is 4.79 Å². The van der Waals surface area contributed by atoms with Crippen molar-refractivity contribution in [2.24, 2.45) is 0 Å². The smallest absolute Gasteiger partial charge is 0.407 e. The van der Waals surface area contributed by atoms with Gasteiger partial charge in [-0.25, -0.2) is 4.79 Å². The van der Waals surface area contributed by atoms with Crippen LogP contribution >= 0.6 is 11.6 Å². The molecule has 0 heterocycles. The molecule has 0 spiro atoms. The number of benzene rings is 3. The van der Waals surface area contributed by atoms with Gasteiger partial charge >= 0.3 is 6.09 Å². The van der Waals surface area contributed by atoms with Crippen molar-refractivity contribution in [1.29, 1.82) is 0 Å². The molecule has 0 aliphatic rings. The predicted molar refractivity (Wildman–Crippen MR) is 130 cm³/mol. The molecule has 1 N–H and O–H groups in total. The molecule has 32 heavy (non-hydrogen) atoms. The van der Waals surface area contributed by atoms with Crippen molar-refractivity contribution >= 4 is 39.2 Å². The number of nitrogens with one attached hydrogen (secondary N) is 1. The number of hydrogen-bond donors (Lipinski definition) is 1. The van der Waals surface area contributed by atoms with Gasteiger partial charge in [0, 0.05) is 18.0 Å². The number of alkyl carbamates (subject to hydrolysis) is 1. The van der Waals surface area contributed by atoms with Crippen LogP contribution in [0.2, 0.25) is 0 Å². The van der Waals surface area contributed by atoms with Crippen LogP contribution < -0.4 is 5.32 Å². The minimum Gasteiger partial charge on any atom is -0.445 e. The number of fused-ring (bicyclic) bond motifs is 2. The summed E-state index contributed by atoms with van der Waals surface area (Å²) < 4.78 is 16.7. The topological polar surface area (TPSA) is 56.8 Å². The molecule has 1 amide bonds. The standard InChI is InChI=1S/C26H32ClNO4/c1-20(8-6-7-13-27)31-17-16-30-15-14-28-26(29)32-19-25-23-11-4-2-9-21(23)18-22-10-3-5-12-24(22)25/h2-5,9-12,18,20H,6-8,13-17,19H2,1H3,(H,28,29). The number of carbonyl (C=O) groups is 1. The zero-order valence-corrected chi connectivity index (χ0v) is 19.4. The molecule has 5 nitrogen and oxygen atoms in total. The van der Waals surface area contributed by atoms with Gasteiger partial charge in [-0.15, -0.1) is 11.6 Å². The SMILES string of the molecule is CC(CCCCCl)OCCOCCNC(=O)OCc1c2ccccc2cc2ccccc12. The van der Waals surface area contributed by atoms with Gasteiger partial charge in [0.15, 0.2) is 0 Å². The quantitative estimate of drug-likeness (QED) is 0.193. The summed E-state index contributed by atoms with van der Waals surface area (Å²) in [6, 6.07) is 18.5. The van der Waals surface area contributed by atoms with Gasteiger partial charge in [-0.2, -0.15) is 0 Å². The van der Waals surface area contributed by atoms with Crippen LogP contribution in [-0.4, -0.2) is 44.4 Å². The molecule has 0 fully saturated rings. The van der Waals surface area contributed by atoms with E-state index in [2.05, 4.69) is 42.6 Å². The normalized spacial score (nSPS) is 12.2. The predicted octanol–water partition coefficient (Wildman–Crippen LogP) is 6.05. The first kappa shape index (κ1) is 24.3. The van der Waals surface area contributed by atoms with Crippen LogP contribution in [-0.2, 0) is 20.8 Å². The molecular formula is C26H32ClNO4. The molecule has 3 aromatic rings. The lowest BCUT2D eigenvalue weighted by Gasteiger charge is -2.13. The van der Waals surface area contributed by atoms with Crippen molar-refractivity contribution < 1.29 is 19.0 Å². The second kappa shape index (κ2) is 13.3. The molecule has 0 radical (unpaired) electrons. The highest BCUT2D eigenvalue weighted by atomic mass is 35.5. The minimum atomic E-state index is -0.449. The molecule has 0 bridgehead atoms. The van der Waals surface area contributed by atoms with Crippen molar-refractivity contribution in [2.75, 3.05) is 32.2 Å². The van der Waals surface area contributed by atoms with Gasteiger partial charge in [0.25, 0.3) is 0 Å². The summed E-state index contributed by atoms with van der Waals surface area (Å²) in [6.07, 6.45) is 2.86. The molecule has 0 aliphatic heterocycles. The van der Waals surface area contributed by atoms with E-state index < -0.39 is 6.09 Å². The Hall–Kier alpha value is -2.34. The lowest BCUT2D eigenvalue weighted by Crippen LogP contribution is -2.28. The number of ether oxygens (including phenoxy) is 3. The number of halogens is 1. The van der Waals surface area contributed by atoms with Crippen molar-refractivity contribution in [3.63, 3.8) is 0 Å². The highest BCUT2D eigenvalue weighted by molar-refractivity contribution is 6.17. The fourth-order valence-electron chi connectivity index (χ4n) is 3.70. The summed E-state index contributed by atoms with van der Waals surface area (Å²) in [5.74, 6) is 0.698. The molecule has 1 unspecified atom stereocenters. The number of rotatable bonds is 13. The molecule has 3 aromatic carbocycles. The Labute approximate surface area is 195 Å². The first-order valence-corrected chi connectivity index (χ1v) is 11.8. The summed E-state index contributed by atoms with van der Waals surface area (Å²) in [4.78, 5) is 12.2. The highest BCUT2D eigenvalue weighted by Gasteiger charge is 2.10. The van der Waals surface area contributed by atoms with Gasteiger partial charge < -0.3 is 19.5 Å². The zero-order chi connectivity index (χ0) is 22.6. The van der Waals surface area contributed by atoms with E-state index in [4.69, 9.17) is 25.8 Å². The molecule has 0 aromatic heterocycles. The van der Waals surface area contributed by atoms with E-state index in [0.29, 0.717) is 32.2 Å². The van der Waals surface area contributed by atoms with E-state index in [1.54, 1.807) is 0 Å². The third-order valence-corrected chi connectivity index (χ3v) is 5.64. The van der Waals surface area contributed by atoms with Gasteiger partial charge in [0.05, 0.1) is 25.9 Å². The summed E-state index contributed by atoms with van der Waals surface area (Å²) in [5.41, 5.74) is 1.02. The fraction of sp³-hybridized carbons (Fsp3) is 0.423. The van der Waals surface area contributed by atoms with Crippen LogP contribution in [0.15, 0.2) is 54.6 Å². The maximum absolute atomic E-state index is 12.2.